The molecule has 1 aliphatic heterocycles. The van der Waals surface area contributed by atoms with Gasteiger partial charge in [0.05, 0.1) is 25.6 Å². The van der Waals surface area contributed by atoms with Crippen LogP contribution in [0.1, 0.15) is 24.5 Å². The van der Waals surface area contributed by atoms with E-state index in [-0.39, 0.29) is 0 Å². The first-order chi connectivity index (χ1) is 12.3. The third-order valence-corrected chi connectivity index (χ3v) is 4.78. The number of benzene rings is 1. The molecule has 6 nitrogen and oxygen atoms in total. The van der Waals surface area contributed by atoms with Gasteiger partial charge in [0.2, 0.25) is 0 Å². The number of hydrogen-bond donors (Lipinski definition) is 1. The summed E-state index contributed by atoms with van der Waals surface area (Å²) >= 11 is 0. The number of ether oxygens (including phenoxy) is 2. The zero-order chi connectivity index (χ0) is 17.2. The maximum absolute atomic E-state index is 5.41. The van der Waals surface area contributed by atoms with Crippen LogP contribution in [0.4, 0.5) is 0 Å². The molecule has 3 aromatic rings. The summed E-state index contributed by atoms with van der Waals surface area (Å²) < 4.78 is 12.7. The zero-order valence-electron chi connectivity index (χ0n) is 14.5. The maximum atomic E-state index is 5.41. The Morgan fingerprint density at radius 1 is 1.12 bits per heavy atom. The van der Waals surface area contributed by atoms with Crippen molar-refractivity contribution in [1.29, 1.82) is 0 Å². The lowest BCUT2D eigenvalue weighted by molar-refractivity contribution is 0.355. The average molecular weight is 338 g/mol. The number of fused-ring (bicyclic) bond motifs is 1. The molecule has 2 aromatic heterocycles. The summed E-state index contributed by atoms with van der Waals surface area (Å²) in [6.45, 7) is 2.09. The first-order valence-electron chi connectivity index (χ1n) is 8.58. The number of nitrogens with one attached hydrogen (secondary N) is 1. The molecule has 0 spiro atoms. The van der Waals surface area contributed by atoms with Crippen LogP contribution in [0.3, 0.4) is 0 Å². The maximum Gasteiger partial charge on any atom is 0.161 e. The number of piperidine rings is 1. The number of aromatic nitrogens is 3. The van der Waals surface area contributed by atoms with Gasteiger partial charge >= 0.3 is 0 Å². The van der Waals surface area contributed by atoms with Crippen molar-refractivity contribution in [2.24, 2.45) is 0 Å². The minimum atomic E-state index is 0.470. The first kappa shape index (κ1) is 15.9. The molecule has 1 atom stereocenters. The molecular weight excluding hydrogens is 316 g/mol. The van der Waals surface area contributed by atoms with Crippen LogP contribution in [0.25, 0.3) is 16.9 Å². The van der Waals surface area contributed by atoms with E-state index in [1.807, 2.05) is 35.0 Å². The Balaban J connectivity index is 1.76. The lowest BCUT2D eigenvalue weighted by atomic mass is 9.96. The second-order valence-corrected chi connectivity index (χ2v) is 6.28. The number of methoxy groups -OCH3 is 2. The van der Waals surface area contributed by atoms with E-state index in [0.29, 0.717) is 17.4 Å². The van der Waals surface area contributed by atoms with Crippen LogP contribution in [0.2, 0.25) is 0 Å². The lowest BCUT2D eigenvalue weighted by Crippen LogP contribution is -2.29. The molecule has 0 bridgehead atoms. The van der Waals surface area contributed by atoms with Crippen LogP contribution in [0.5, 0.6) is 11.5 Å². The predicted octanol–water partition coefficient (Wildman–Crippen LogP) is 2.88. The molecule has 0 amide bonds. The van der Waals surface area contributed by atoms with Crippen molar-refractivity contribution in [3.05, 3.63) is 42.2 Å². The van der Waals surface area contributed by atoms with Crippen LogP contribution in [0, 0.1) is 0 Å². The molecule has 25 heavy (non-hydrogen) atoms. The molecule has 1 N–H and O–H groups in total. The minimum Gasteiger partial charge on any atom is -0.493 e. The molecule has 1 aliphatic rings. The fourth-order valence-corrected chi connectivity index (χ4v) is 3.46. The molecule has 0 aliphatic carbocycles. The van der Waals surface area contributed by atoms with Crippen molar-refractivity contribution in [1.82, 2.24) is 19.9 Å². The standard InChI is InChI=1S/C19H22N4O2/c1-24-17-6-5-13(10-18(17)25-2)15-11-19-21-9-7-16(23(19)22-15)14-4-3-8-20-12-14/h5-7,9-11,14,20H,3-4,8,12H2,1-2H3/t14-/m1/s1. The molecule has 4 rings (SSSR count). The summed E-state index contributed by atoms with van der Waals surface area (Å²) in [5.74, 6) is 1.88. The predicted molar refractivity (Wildman–Crippen MR) is 96.4 cm³/mol. The molecule has 130 valence electrons. The Hall–Kier alpha value is -2.60. The van der Waals surface area contributed by atoms with E-state index in [1.165, 1.54) is 18.5 Å². The summed E-state index contributed by atoms with van der Waals surface area (Å²) in [5, 5.41) is 8.29. The van der Waals surface area contributed by atoms with Crippen molar-refractivity contribution in [3.8, 4) is 22.8 Å². The zero-order valence-corrected chi connectivity index (χ0v) is 14.5. The SMILES string of the molecule is COc1ccc(-c2cc3nccc([C@@H]4CCCNC4)n3n2)cc1OC. The Kier molecular flexibility index (Phi) is 4.28. The highest BCUT2D eigenvalue weighted by Crippen LogP contribution is 2.32. The molecule has 6 heteroatoms. The van der Waals surface area contributed by atoms with Crippen molar-refractivity contribution in [2.75, 3.05) is 27.3 Å². The molecule has 0 saturated carbocycles. The van der Waals surface area contributed by atoms with Gasteiger partial charge in [0.1, 0.15) is 0 Å². The molecule has 3 heterocycles. The van der Waals surface area contributed by atoms with Gasteiger partial charge < -0.3 is 14.8 Å². The number of hydrogen-bond acceptors (Lipinski definition) is 5. The summed E-state index contributed by atoms with van der Waals surface area (Å²) in [7, 11) is 3.28. The van der Waals surface area contributed by atoms with Crippen LogP contribution in [-0.2, 0) is 0 Å². The quantitative estimate of drug-likeness (QED) is 0.793. The van der Waals surface area contributed by atoms with Gasteiger partial charge in [0, 0.05) is 30.3 Å². The van der Waals surface area contributed by atoms with Crippen LogP contribution in [0.15, 0.2) is 36.5 Å². The van der Waals surface area contributed by atoms with Crippen molar-refractivity contribution in [2.45, 2.75) is 18.8 Å². The summed E-state index contributed by atoms with van der Waals surface area (Å²) in [5.41, 5.74) is 3.94. The molecule has 1 aromatic carbocycles. The van der Waals surface area contributed by atoms with Crippen LogP contribution < -0.4 is 14.8 Å². The Morgan fingerprint density at radius 3 is 2.76 bits per heavy atom. The molecule has 0 radical (unpaired) electrons. The third-order valence-electron chi connectivity index (χ3n) is 4.78. The fraction of sp³-hybridized carbons (Fsp3) is 0.368. The normalized spacial score (nSPS) is 17.6. The smallest absolute Gasteiger partial charge is 0.161 e. The minimum absolute atomic E-state index is 0.470. The van der Waals surface area contributed by atoms with E-state index in [4.69, 9.17) is 14.6 Å². The number of nitrogens with zero attached hydrogens (tertiary/aromatic N) is 3. The van der Waals surface area contributed by atoms with Gasteiger partial charge in [-0.25, -0.2) is 9.50 Å². The van der Waals surface area contributed by atoms with Gasteiger partial charge in [-0.15, -0.1) is 0 Å². The van der Waals surface area contributed by atoms with Crippen LogP contribution >= 0.6 is 0 Å². The van der Waals surface area contributed by atoms with Gasteiger partial charge in [-0.2, -0.15) is 5.10 Å². The fourth-order valence-electron chi connectivity index (χ4n) is 3.46. The van der Waals surface area contributed by atoms with E-state index in [0.717, 1.165) is 30.0 Å². The van der Waals surface area contributed by atoms with E-state index in [1.54, 1.807) is 14.2 Å². The average Bonchev–Trinajstić information content (AvgIpc) is 3.12. The molecular formula is C19H22N4O2. The second-order valence-electron chi connectivity index (χ2n) is 6.28. The highest BCUT2D eigenvalue weighted by molar-refractivity contribution is 5.67. The third kappa shape index (κ3) is 2.93. The van der Waals surface area contributed by atoms with Gasteiger partial charge in [-0.3, -0.25) is 0 Å². The Morgan fingerprint density at radius 2 is 2.00 bits per heavy atom. The highest BCUT2D eigenvalue weighted by atomic mass is 16.5. The van der Waals surface area contributed by atoms with Gasteiger partial charge in [-0.05, 0) is 43.7 Å². The van der Waals surface area contributed by atoms with E-state index >= 15 is 0 Å². The Bertz CT molecular complexity index is 884. The summed E-state index contributed by atoms with van der Waals surface area (Å²) in [4.78, 5) is 4.48. The van der Waals surface area contributed by atoms with Gasteiger partial charge in [-0.1, -0.05) is 0 Å². The topological polar surface area (TPSA) is 60.7 Å². The largest absolute Gasteiger partial charge is 0.493 e. The van der Waals surface area contributed by atoms with Crippen LogP contribution in [-0.4, -0.2) is 41.9 Å². The van der Waals surface area contributed by atoms with Crippen molar-refractivity contribution < 1.29 is 9.47 Å². The summed E-state index contributed by atoms with van der Waals surface area (Å²) in [6.07, 6.45) is 4.25. The summed E-state index contributed by atoms with van der Waals surface area (Å²) in [6, 6.07) is 9.93. The first-order valence-corrected chi connectivity index (χ1v) is 8.58. The van der Waals surface area contributed by atoms with E-state index < -0.39 is 0 Å². The van der Waals surface area contributed by atoms with Crippen molar-refractivity contribution >= 4 is 5.65 Å². The Labute approximate surface area is 146 Å². The van der Waals surface area contributed by atoms with E-state index in [2.05, 4.69) is 16.4 Å². The van der Waals surface area contributed by atoms with Gasteiger partial charge in [0.25, 0.3) is 0 Å². The highest BCUT2D eigenvalue weighted by Gasteiger charge is 2.19. The second kappa shape index (κ2) is 6.72. The number of rotatable bonds is 4. The molecule has 0 unspecified atom stereocenters. The molecule has 1 fully saturated rings. The lowest BCUT2D eigenvalue weighted by Gasteiger charge is -2.23. The van der Waals surface area contributed by atoms with Crippen molar-refractivity contribution in [3.63, 3.8) is 0 Å². The monoisotopic (exact) mass is 338 g/mol. The van der Waals surface area contributed by atoms with Gasteiger partial charge in [0.15, 0.2) is 17.1 Å². The molecule has 1 saturated heterocycles. The van der Waals surface area contributed by atoms with E-state index in [9.17, 15) is 0 Å².